The highest BCUT2D eigenvalue weighted by molar-refractivity contribution is 5.55. The van der Waals surface area contributed by atoms with Gasteiger partial charge in [-0.3, -0.25) is 0 Å². The van der Waals surface area contributed by atoms with Gasteiger partial charge in [-0.1, -0.05) is 83.1 Å². The van der Waals surface area contributed by atoms with Crippen LogP contribution in [0.1, 0.15) is 89.5 Å². The smallest absolute Gasteiger partial charge is 0.0134 e. The summed E-state index contributed by atoms with van der Waals surface area (Å²) >= 11 is 0. The van der Waals surface area contributed by atoms with Gasteiger partial charge < -0.3 is 0 Å². The lowest BCUT2D eigenvalue weighted by Crippen LogP contribution is -2.91. The zero-order chi connectivity index (χ0) is 18.4. The van der Waals surface area contributed by atoms with Crippen LogP contribution in [-0.2, 0) is 0 Å². The van der Waals surface area contributed by atoms with Gasteiger partial charge in [0.1, 0.15) is 0 Å². The Morgan fingerprint density at radius 1 is 0.542 bits per heavy atom. The predicted molar refractivity (Wildman–Crippen MR) is 102 cm³/mol. The van der Waals surface area contributed by atoms with Crippen LogP contribution in [0.3, 0.4) is 0 Å². The van der Waals surface area contributed by atoms with E-state index in [0.29, 0.717) is 48.7 Å². The Labute approximate surface area is 150 Å². The molecule has 0 N–H and O–H groups in total. The molecule has 5 rings (SSSR count). The van der Waals surface area contributed by atoms with Gasteiger partial charge in [0, 0.05) is 0 Å². The van der Waals surface area contributed by atoms with Gasteiger partial charge in [-0.15, -0.1) is 0 Å². The molecule has 1 spiro atoms. The summed E-state index contributed by atoms with van der Waals surface area (Å²) in [5, 5.41) is 0. The van der Waals surface area contributed by atoms with Crippen LogP contribution in [0.5, 0.6) is 0 Å². The standard InChI is InChI=1S/C24H40/c1-14-19(8)16(3,4)18(7)13-24(14)15(2)20(9)21(10,17(18,5)6)22(19,11)23(20,24)12/h14-15H,13H2,1-12H3. The predicted octanol–water partition coefficient (Wildman–Crippen LogP) is 6.79. The van der Waals surface area contributed by atoms with Gasteiger partial charge >= 0.3 is 0 Å². The summed E-state index contributed by atoms with van der Waals surface area (Å²) in [5.74, 6) is 1.70. The van der Waals surface area contributed by atoms with E-state index < -0.39 is 0 Å². The fraction of sp³-hybridized carbons (Fsp3) is 1.00. The summed E-state index contributed by atoms with van der Waals surface area (Å²) in [6.45, 7) is 32.2. The Morgan fingerprint density at radius 3 is 1.50 bits per heavy atom. The third-order valence-corrected chi connectivity index (χ3v) is 15.3. The molecule has 0 heterocycles. The number of hydrogen-bond acceptors (Lipinski definition) is 0. The van der Waals surface area contributed by atoms with Crippen molar-refractivity contribution in [3.05, 3.63) is 0 Å². The molecule has 0 amide bonds. The van der Waals surface area contributed by atoms with Crippen molar-refractivity contribution >= 4 is 0 Å². The molecule has 9 atom stereocenters. The summed E-state index contributed by atoms with van der Waals surface area (Å²) in [7, 11) is 0. The van der Waals surface area contributed by atoms with Crippen molar-refractivity contribution in [2.75, 3.05) is 0 Å². The minimum absolute atomic E-state index is 0.374. The van der Waals surface area contributed by atoms with Crippen LogP contribution in [0.4, 0.5) is 0 Å². The average molecular weight is 329 g/mol. The average Bonchev–Trinajstić information content (AvgIpc) is 2.53. The molecule has 0 saturated heterocycles. The monoisotopic (exact) mass is 328 g/mol. The van der Waals surface area contributed by atoms with Gasteiger partial charge in [-0.25, -0.2) is 0 Å². The molecule has 3 bridgehead atoms. The summed E-state index contributed by atoms with van der Waals surface area (Å²) in [6.07, 6.45) is 1.45. The lowest BCUT2D eigenvalue weighted by atomic mass is 9.09. The van der Waals surface area contributed by atoms with E-state index in [9.17, 15) is 0 Å². The highest BCUT2D eigenvalue weighted by Crippen LogP contribution is 3.12. The van der Waals surface area contributed by atoms with Crippen molar-refractivity contribution in [2.45, 2.75) is 89.5 Å². The van der Waals surface area contributed by atoms with Crippen LogP contribution < -0.4 is 0 Å². The molecule has 5 aliphatic rings. The van der Waals surface area contributed by atoms with E-state index in [1.165, 1.54) is 6.42 Å². The van der Waals surface area contributed by atoms with E-state index in [-0.39, 0.29) is 0 Å². The normalized spacial score (nSPS) is 75.5. The fourth-order valence-corrected chi connectivity index (χ4v) is 13.3. The second-order valence-electron chi connectivity index (χ2n) is 13.0. The Bertz CT molecular complexity index is 711. The van der Waals surface area contributed by atoms with Gasteiger partial charge in [-0.2, -0.15) is 0 Å². The fourth-order valence-electron chi connectivity index (χ4n) is 13.3. The molecule has 24 heavy (non-hydrogen) atoms. The van der Waals surface area contributed by atoms with E-state index in [1.54, 1.807) is 0 Å². The van der Waals surface area contributed by atoms with Crippen LogP contribution in [0.2, 0.25) is 0 Å². The van der Waals surface area contributed by atoms with Crippen LogP contribution >= 0.6 is 0 Å². The molecule has 0 radical (unpaired) electrons. The van der Waals surface area contributed by atoms with Gasteiger partial charge in [0.25, 0.3) is 0 Å². The van der Waals surface area contributed by atoms with Crippen molar-refractivity contribution in [2.24, 2.45) is 60.6 Å². The molecule has 0 aromatic rings. The summed E-state index contributed by atoms with van der Waals surface area (Å²) < 4.78 is 0. The van der Waals surface area contributed by atoms with Crippen LogP contribution in [0, 0.1) is 60.6 Å². The first kappa shape index (κ1) is 16.2. The second kappa shape index (κ2) is 2.99. The van der Waals surface area contributed by atoms with Crippen LogP contribution in [-0.4, -0.2) is 0 Å². The summed E-state index contributed by atoms with van der Waals surface area (Å²) in [6, 6.07) is 0. The topological polar surface area (TPSA) is 0 Å². The number of fused-ring (bicyclic) bond motifs is 2. The van der Waals surface area contributed by atoms with Gasteiger partial charge in [0.15, 0.2) is 0 Å². The molecule has 0 aromatic carbocycles. The Balaban J connectivity index is 2.04. The molecule has 5 fully saturated rings. The van der Waals surface area contributed by atoms with Gasteiger partial charge in [0.2, 0.25) is 0 Å². The molecule has 5 aliphatic carbocycles. The SMILES string of the molecule is CC1C23CC4(C)C(C)(C)C(C)(C2C)C2(C)C3(C)C1(C)C2(C)C4(C)C. The molecular formula is C24H40. The van der Waals surface area contributed by atoms with Crippen molar-refractivity contribution in [3.8, 4) is 0 Å². The molecule has 9 unspecified atom stereocenters. The van der Waals surface area contributed by atoms with E-state index in [0.717, 1.165) is 11.8 Å². The van der Waals surface area contributed by atoms with Gasteiger partial charge in [-0.05, 0) is 67.0 Å². The first-order chi connectivity index (χ1) is 10.5. The third kappa shape index (κ3) is 0.674. The lowest BCUT2D eigenvalue weighted by molar-refractivity contribution is -0.484. The van der Waals surface area contributed by atoms with Crippen molar-refractivity contribution in [1.29, 1.82) is 0 Å². The van der Waals surface area contributed by atoms with E-state index >= 15 is 0 Å². The first-order valence-electron chi connectivity index (χ1n) is 10.5. The zero-order valence-corrected chi connectivity index (χ0v) is 18.4. The quantitative estimate of drug-likeness (QED) is 0.459. The van der Waals surface area contributed by atoms with E-state index in [1.807, 2.05) is 0 Å². The third-order valence-electron chi connectivity index (χ3n) is 15.3. The number of hydrogen-bond donors (Lipinski definition) is 0. The molecule has 5 saturated carbocycles. The molecule has 0 aliphatic heterocycles. The Kier molecular flexibility index (Phi) is 2.02. The molecule has 0 heteroatoms. The minimum Gasteiger partial charge on any atom is -0.0614 e. The largest absolute Gasteiger partial charge is 0.0614 e. The van der Waals surface area contributed by atoms with E-state index in [4.69, 9.17) is 0 Å². The van der Waals surface area contributed by atoms with Crippen LogP contribution in [0.25, 0.3) is 0 Å². The van der Waals surface area contributed by atoms with Crippen LogP contribution in [0.15, 0.2) is 0 Å². The maximum atomic E-state index is 2.74. The van der Waals surface area contributed by atoms with Gasteiger partial charge in [0.05, 0.1) is 0 Å². The maximum absolute atomic E-state index is 2.74. The first-order valence-corrected chi connectivity index (χ1v) is 10.5. The summed E-state index contributed by atoms with van der Waals surface area (Å²) in [4.78, 5) is 0. The summed E-state index contributed by atoms with van der Waals surface area (Å²) in [5.41, 5.74) is 4.02. The van der Waals surface area contributed by atoms with Crippen molar-refractivity contribution < 1.29 is 0 Å². The van der Waals surface area contributed by atoms with E-state index in [2.05, 4.69) is 83.1 Å². The van der Waals surface area contributed by atoms with Crippen molar-refractivity contribution in [3.63, 3.8) is 0 Å². The Morgan fingerprint density at radius 2 is 1.00 bits per heavy atom. The molecular weight excluding hydrogens is 288 g/mol. The molecule has 136 valence electrons. The number of rotatable bonds is 0. The Hall–Kier alpha value is 0. The molecule has 0 aromatic heterocycles. The lowest BCUT2D eigenvalue weighted by Gasteiger charge is -2.95. The second-order valence-corrected chi connectivity index (χ2v) is 13.0. The zero-order valence-electron chi connectivity index (χ0n) is 18.4. The molecule has 0 nitrogen and oxygen atoms in total. The highest BCUT2D eigenvalue weighted by atomic mass is 15.1. The maximum Gasteiger partial charge on any atom is -0.0134 e. The highest BCUT2D eigenvalue weighted by Gasteiger charge is 3.08. The van der Waals surface area contributed by atoms with Crippen molar-refractivity contribution in [1.82, 2.24) is 0 Å². The minimum atomic E-state index is 0.374.